The normalized spacial score (nSPS) is 19.2. The zero-order chi connectivity index (χ0) is 15.4. The van der Waals surface area contributed by atoms with Gasteiger partial charge in [-0.25, -0.2) is 4.98 Å². The Labute approximate surface area is 135 Å². The number of nitrogens with one attached hydrogen (secondary N) is 1. The molecule has 1 atom stereocenters. The second kappa shape index (κ2) is 7.31. The van der Waals surface area contributed by atoms with Crippen molar-refractivity contribution in [1.82, 2.24) is 9.88 Å². The molecule has 0 aliphatic carbocycles. The Kier molecular flexibility index (Phi) is 5.69. The minimum atomic E-state index is -0.919. The summed E-state index contributed by atoms with van der Waals surface area (Å²) in [4.78, 5) is 28.7. The fourth-order valence-electron chi connectivity index (χ4n) is 1.92. The van der Waals surface area contributed by atoms with Crippen LogP contribution in [0.25, 0.3) is 0 Å². The fraction of sp³-hybridized carbons (Fsp3) is 0.417. The molecule has 1 fully saturated rings. The average molecular weight is 350 g/mol. The highest BCUT2D eigenvalue weighted by Crippen LogP contribution is 2.22. The van der Waals surface area contributed by atoms with E-state index in [0.717, 1.165) is 5.75 Å². The molecular weight excluding hydrogens is 337 g/mol. The van der Waals surface area contributed by atoms with Crippen LogP contribution in [0.1, 0.15) is 0 Å². The molecule has 0 bridgehead atoms. The summed E-state index contributed by atoms with van der Waals surface area (Å²) in [7, 11) is 0. The van der Waals surface area contributed by atoms with Crippen molar-refractivity contribution in [2.75, 3.05) is 29.9 Å². The largest absolute Gasteiger partial charge is 0.480 e. The van der Waals surface area contributed by atoms with Gasteiger partial charge in [0.25, 0.3) is 0 Å². The smallest absolute Gasteiger partial charge is 0.321 e. The summed E-state index contributed by atoms with van der Waals surface area (Å²) in [5.41, 5.74) is 0. The van der Waals surface area contributed by atoms with Crippen molar-refractivity contribution in [1.29, 1.82) is 0 Å². The first kappa shape index (κ1) is 16.4. The minimum Gasteiger partial charge on any atom is -0.480 e. The molecule has 1 aliphatic heterocycles. The highest BCUT2D eigenvalue weighted by molar-refractivity contribution is 7.99. The van der Waals surface area contributed by atoms with Crippen LogP contribution in [0.3, 0.4) is 0 Å². The van der Waals surface area contributed by atoms with Crippen LogP contribution in [-0.4, -0.2) is 57.5 Å². The Bertz CT molecular complexity index is 559. The molecule has 114 valence electrons. The molecule has 2 rings (SSSR count). The first-order valence-electron chi connectivity index (χ1n) is 6.13. The Morgan fingerprint density at radius 3 is 2.95 bits per heavy atom. The highest BCUT2D eigenvalue weighted by Gasteiger charge is 2.30. The molecule has 6 nitrogen and oxygen atoms in total. The third-order valence-corrected chi connectivity index (χ3v) is 4.45. The number of hydrogen-bond donors (Lipinski definition) is 2. The fourth-order valence-corrected chi connectivity index (χ4v) is 3.45. The van der Waals surface area contributed by atoms with Gasteiger partial charge < -0.3 is 10.4 Å². The van der Waals surface area contributed by atoms with Gasteiger partial charge in [0, 0.05) is 24.2 Å². The quantitative estimate of drug-likeness (QED) is 0.862. The number of carboxylic acid groups (broad SMARTS) is 1. The van der Waals surface area contributed by atoms with Crippen molar-refractivity contribution in [3.05, 3.63) is 22.3 Å². The molecule has 1 saturated heterocycles. The van der Waals surface area contributed by atoms with E-state index >= 15 is 0 Å². The van der Waals surface area contributed by atoms with Gasteiger partial charge in [0.2, 0.25) is 5.91 Å². The summed E-state index contributed by atoms with van der Waals surface area (Å²) in [6.45, 7) is 0.537. The van der Waals surface area contributed by atoms with E-state index in [1.807, 2.05) is 0 Å². The standard InChI is InChI=1S/C12H13Cl2N3O3S/c13-7-3-8(14)11(15-4-7)16-10(18)5-17-1-2-21-6-9(17)12(19)20/h3-4,9H,1-2,5-6H2,(H,19,20)(H,15,16,18). The summed E-state index contributed by atoms with van der Waals surface area (Å²) in [5, 5.41) is 12.3. The van der Waals surface area contributed by atoms with E-state index in [1.54, 1.807) is 16.7 Å². The van der Waals surface area contributed by atoms with Crippen LogP contribution in [0.15, 0.2) is 12.3 Å². The molecule has 0 spiro atoms. The van der Waals surface area contributed by atoms with Gasteiger partial charge >= 0.3 is 5.97 Å². The number of nitrogens with zero attached hydrogens (tertiary/aromatic N) is 2. The van der Waals surface area contributed by atoms with Crippen LogP contribution in [0.4, 0.5) is 5.82 Å². The summed E-state index contributed by atoms with van der Waals surface area (Å²) in [6, 6.07) is 0.826. The van der Waals surface area contributed by atoms with Crippen molar-refractivity contribution >= 4 is 52.7 Å². The Morgan fingerprint density at radius 2 is 2.29 bits per heavy atom. The number of carbonyl (C=O) groups excluding carboxylic acids is 1. The molecule has 2 N–H and O–H groups in total. The van der Waals surface area contributed by atoms with E-state index in [1.165, 1.54) is 12.3 Å². The van der Waals surface area contributed by atoms with Crippen LogP contribution in [0, 0.1) is 0 Å². The first-order chi connectivity index (χ1) is 9.97. The van der Waals surface area contributed by atoms with Crippen LogP contribution >= 0.6 is 35.0 Å². The molecule has 0 aromatic carbocycles. The van der Waals surface area contributed by atoms with E-state index in [-0.39, 0.29) is 23.3 Å². The number of pyridine rings is 1. The summed E-state index contributed by atoms with van der Waals surface area (Å²) >= 11 is 13.2. The Balaban J connectivity index is 1.98. The second-order valence-corrected chi connectivity index (χ2v) is 6.43. The van der Waals surface area contributed by atoms with E-state index in [0.29, 0.717) is 17.3 Å². The van der Waals surface area contributed by atoms with Gasteiger partial charge in [-0.05, 0) is 6.07 Å². The van der Waals surface area contributed by atoms with Crippen LogP contribution in [0.5, 0.6) is 0 Å². The van der Waals surface area contributed by atoms with E-state index in [9.17, 15) is 9.59 Å². The van der Waals surface area contributed by atoms with Gasteiger partial charge in [-0.1, -0.05) is 23.2 Å². The van der Waals surface area contributed by atoms with E-state index in [2.05, 4.69) is 10.3 Å². The molecule has 1 aromatic heterocycles. The summed E-state index contributed by atoms with van der Waals surface area (Å²) in [6.07, 6.45) is 1.38. The maximum atomic E-state index is 12.0. The molecule has 1 unspecified atom stereocenters. The predicted octanol–water partition coefficient (Wildman–Crippen LogP) is 1.83. The van der Waals surface area contributed by atoms with Gasteiger partial charge in [0.05, 0.1) is 16.6 Å². The number of rotatable bonds is 4. The lowest BCUT2D eigenvalue weighted by atomic mass is 10.2. The lowest BCUT2D eigenvalue weighted by molar-refractivity contribution is -0.142. The lowest BCUT2D eigenvalue weighted by Crippen LogP contribution is -2.50. The number of hydrogen-bond acceptors (Lipinski definition) is 5. The maximum absolute atomic E-state index is 12.0. The van der Waals surface area contributed by atoms with Gasteiger partial charge in [0.1, 0.15) is 6.04 Å². The van der Waals surface area contributed by atoms with Crippen molar-refractivity contribution in [3.63, 3.8) is 0 Å². The second-order valence-electron chi connectivity index (χ2n) is 4.43. The molecule has 21 heavy (non-hydrogen) atoms. The number of aliphatic carboxylic acids is 1. The predicted molar refractivity (Wildman–Crippen MR) is 83.2 cm³/mol. The summed E-state index contributed by atoms with van der Waals surface area (Å²) in [5.74, 6) is 0.214. The van der Waals surface area contributed by atoms with Crippen LogP contribution in [0.2, 0.25) is 10.0 Å². The molecule has 9 heteroatoms. The third-order valence-electron chi connectivity index (χ3n) is 2.94. The van der Waals surface area contributed by atoms with Crippen molar-refractivity contribution < 1.29 is 14.7 Å². The molecule has 0 saturated carbocycles. The van der Waals surface area contributed by atoms with E-state index < -0.39 is 12.0 Å². The molecular formula is C12H13Cl2N3O3S. The van der Waals surface area contributed by atoms with E-state index in [4.69, 9.17) is 28.3 Å². The number of amides is 1. The molecule has 1 aromatic rings. The number of aromatic nitrogens is 1. The Hall–Kier alpha value is -1.02. The zero-order valence-corrected chi connectivity index (χ0v) is 13.2. The topological polar surface area (TPSA) is 82.5 Å². The van der Waals surface area contributed by atoms with Gasteiger partial charge in [-0.2, -0.15) is 11.8 Å². The Morgan fingerprint density at radius 1 is 1.52 bits per heavy atom. The van der Waals surface area contributed by atoms with Gasteiger partial charge in [0.15, 0.2) is 5.82 Å². The van der Waals surface area contributed by atoms with Crippen LogP contribution in [-0.2, 0) is 9.59 Å². The number of anilines is 1. The number of carbonyl (C=O) groups is 2. The molecule has 2 heterocycles. The molecule has 0 radical (unpaired) electrons. The average Bonchev–Trinajstić information content (AvgIpc) is 2.42. The SMILES string of the molecule is O=C(CN1CCSCC1C(=O)O)Nc1ncc(Cl)cc1Cl. The summed E-state index contributed by atoms with van der Waals surface area (Å²) < 4.78 is 0. The number of thioether (sulfide) groups is 1. The maximum Gasteiger partial charge on any atom is 0.321 e. The first-order valence-corrected chi connectivity index (χ1v) is 8.04. The van der Waals surface area contributed by atoms with Crippen molar-refractivity contribution in [3.8, 4) is 0 Å². The molecule has 1 aliphatic rings. The van der Waals surface area contributed by atoms with Crippen molar-refractivity contribution in [2.45, 2.75) is 6.04 Å². The van der Waals surface area contributed by atoms with Crippen LogP contribution < -0.4 is 5.32 Å². The van der Waals surface area contributed by atoms with Gasteiger partial charge in [-0.15, -0.1) is 0 Å². The zero-order valence-electron chi connectivity index (χ0n) is 10.9. The third kappa shape index (κ3) is 4.47. The van der Waals surface area contributed by atoms with Crippen molar-refractivity contribution in [2.24, 2.45) is 0 Å². The number of halogens is 2. The monoisotopic (exact) mass is 349 g/mol. The highest BCUT2D eigenvalue weighted by atomic mass is 35.5. The minimum absolute atomic E-state index is 0.0157. The number of carboxylic acids is 1. The lowest BCUT2D eigenvalue weighted by Gasteiger charge is -2.31. The van der Waals surface area contributed by atoms with Gasteiger partial charge in [-0.3, -0.25) is 14.5 Å². The molecule has 1 amide bonds.